The third-order valence-corrected chi connectivity index (χ3v) is 3.64. The second-order valence-corrected chi connectivity index (χ2v) is 5.14. The van der Waals surface area contributed by atoms with E-state index in [9.17, 15) is 9.59 Å². The lowest BCUT2D eigenvalue weighted by Crippen LogP contribution is -2.44. The molecule has 2 fully saturated rings. The molecule has 0 unspecified atom stereocenters. The van der Waals surface area contributed by atoms with Gasteiger partial charge in [0.05, 0.1) is 6.04 Å². The first-order chi connectivity index (χ1) is 9.24. The van der Waals surface area contributed by atoms with Crippen molar-refractivity contribution in [1.82, 2.24) is 16.0 Å². The number of benzene rings is 1. The average Bonchev–Trinajstić information content (AvgIpc) is 3.18. The highest BCUT2D eigenvalue weighted by Gasteiger charge is 2.35. The van der Waals surface area contributed by atoms with Gasteiger partial charge in [-0.1, -0.05) is 30.3 Å². The number of urea groups is 1. The normalized spacial score (nSPS) is 23.4. The Kier molecular flexibility index (Phi) is 3.11. The van der Waals surface area contributed by atoms with Crippen LogP contribution in [0.4, 0.5) is 4.79 Å². The molecule has 0 spiro atoms. The molecule has 1 aromatic carbocycles. The molecule has 2 atom stereocenters. The van der Waals surface area contributed by atoms with Crippen molar-refractivity contribution in [3.8, 4) is 0 Å². The zero-order chi connectivity index (χ0) is 13.2. The van der Waals surface area contributed by atoms with E-state index in [0.29, 0.717) is 12.5 Å². The van der Waals surface area contributed by atoms with E-state index in [1.54, 1.807) is 0 Å². The summed E-state index contributed by atoms with van der Waals surface area (Å²) in [5.74, 6) is 0.413. The second-order valence-electron chi connectivity index (χ2n) is 5.14. The van der Waals surface area contributed by atoms with Gasteiger partial charge in [-0.3, -0.25) is 4.79 Å². The van der Waals surface area contributed by atoms with Gasteiger partial charge in [-0.05, 0) is 24.3 Å². The Labute approximate surface area is 111 Å². The summed E-state index contributed by atoms with van der Waals surface area (Å²) in [4.78, 5) is 23.2. The predicted octanol–water partition coefficient (Wildman–Crippen LogP) is 0.935. The van der Waals surface area contributed by atoms with Crippen LogP contribution in [-0.4, -0.2) is 24.5 Å². The maximum absolute atomic E-state index is 12.1. The summed E-state index contributed by atoms with van der Waals surface area (Å²) in [5.41, 5.74) is 1.13. The van der Waals surface area contributed by atoms with Crippen LogP contribution in [-0.2, 0) is 4.79 Å². The number of rotatable bonds is 4. The molecule has 1 saturated carbocycles. The highest BCUT2D eigenvalue weighted by Crippen LogP contribution is 2.40. The molecule has 5 heteroatoms. The minimum absolute atomic E-state index is 0.0613. The van der Waals surface area contributed by atoms with Crippen LogP contribution in [0.1, 0.15) is 24.4 Å². The standard InChI is InChI=1S/C14H17N3O2/c18-13(11-8-15-14(19)16-11)17-12(10-6-7-10)9-4-2-1-3-5-9/h1-5,10-12H,6-8H2,(H,17,18)(H2,15,16,19)/t11-,12-/m1/s1. The molecule has 3 N–H and O–H groups in total. The smallest absolute Gasteiger partial charge is 0.315 e. The van der Waals surface area contributed by atoms with E-state index < -0.39 is 6.04 Å². The summed E-state index contributed by atoms with van der Waals surface area (Å²) < 4.78 is 0. The van der Waals surface area contributed by atoms with Gasteiger partial charge in [0.1, 0.15) is 6.04 Å². The SMILES string of the molecule is O=C1NC[C@H](C(=O)N[C@H](c2ccccc2)C2CC2)N1. The topological polar surface area (TPSA) is 70.2 Å². The van der Waals surface area contributed by atoms with Crippen LogP contribution in [0.25, 0.3) is 0 Å². The van der Waals surface area contributed by atoms with Gasteiger partial charge >= 0.3 is 6.03 Å². The van der Waals surface area contributed by atoms with Crippen molar-refractivity contribution in [3.63, 3.8) is 0 Å². The van der Waals surface area contributed by atoms with Gasteiger partial charge in [0.25, 0.3) is 0 Å². The Morgan fingerprint density at radius 3 is 2.58 bits per heavy atom. The van der Waals surface area contributed by atoms with Crippen molar-refractivity contribution >= 4 is 11.9 Å². The van der Waals surface area contributed by atoms with Gasteiger partial charge in [0.2, 0.25) is 5.91 Å². The third-order valence-electron chi connectivity index (χ3n) is 3.64. The fourth-order valence-corrected chi connectivity index (χ4v) is 2.43. The molecule has 1 aliphatic heterocycles. The minimum atomic E-state index is -0.461. The summed E-state index contributed by atoms with van der Waals surface area (Å²) in [6.45, 7) is 0.358. The fourth-order valence-electron chi connectivity index (χ4n) is 2.43. The van der Waals surface area contributed by atoms with Crippen LogP contribution >= 0.6 is 0 Å². The third kappa shape index (κ3) is 2.70. The summed E-state index contributed by atoms with van der Waals surface area (Å²) in [5, 5.41) is 8.27. The largest absolute Gasteiger partial charge is 0.347 e. The first kappa shape index (κ1) is 12.0. The van der Waals surface area contributed by atoms with Crippen molar-refractivity contribution in [3.05, 3.63) is 35.9 Å². The Bertz CT molecular complexity index is 485. The van der Waals surface area contributed by atoms with Crippen LogP contribution in [0.2, 0.25) is 0 Å². The summed E-state index contributed by atoms with van der Waals surface area (Å²) >= 11 is 0. The van der Waals surface area contributed by atoms with Gasteiger partial charge in [-0.2, -0.15) is 0 Å². The van der Waals surface area contributed by atoms with Gasteiger partial charge in [0, 0.05) is 6.54 Å². The lowest BCUT2D eigenvalue weighted by Gasteiger charge is -2.20. The van der Waals surface area contributed by atoms with Crippen LogP contribution in [0.15, 0.2) is 30.3 Å². The van der Waals surface area contributed by atoms with Crippen LogP contribution < -0.4 is 16.0 Å². The fraction of sp³-hybridized carbons (Fsp3) is 0.429. The first-order valence-electron chi connectivity index (χ1n) is 6.64. The molecule has 0 aromatic heterocycles. The molecule has 1 saturated heterocycles. The Morgan fingerprint density at radius 1 is 1.26 bits per heavy atom. The summed E-state index contributed by atoms with van der Waals surface area (Å²) in [6, 6.07) is 9.33. The van der Waals surface area contributed by atoms with E-state index in [0.717, 1.165) is 18.4 Å². The lowest BCUT2D eigenvalue weighted by molar-refractivity contribution is -0.123. The highest BCUT2D eigenvalue weighted by atomic mass is 16.2. The van der Waals surface area contributed by atoms with Crippen LogP contribution in [0, 0.1) is 5.92 Å². The molecule has 0 radical (unpaired) electrons. The molecule has 2 aliphatic rings. The minimum Gasteiger partial charge on any atom is -0.347 e. The number of hydrogen-bond acceptors (Lipinski definition) is 2. The summed E-state index contributed by atoms with van der Waals surface area (Å²) in [6.07, 6.45) is 2.30. The molecule has 3 amide bonds. The first-order valence-corrected chi connectivity index (χ1v) is 6.64. The molecule has 5 nitrogen and oxygen atoms in total. The maximum atomic E-state index is 12.1. The number of nitrogens with one attached hydrogen (secondary N) is 3. The number of carbonyl (C=O) groups is 2. The van der Waals surface area contributed by atoms with Crippen LogP contribution in [0.5, 0.6) is 0 Å². The molecular weight excluding hydrogens is 242 g/mol. The molecular formula is C14H17N3O2. The van der Waals surface area contributed by atoms with E-state index in [4.69, 9.17) is 0 Å². The van der Waals surface area contributed by atoms with E-state index in [1.165, 1.54) is 0 Å². The van der Waals surface area contributed by atoms with E-state index in [1.807, 2.05) is 30.3 Å². The van der Waals surface area contributed by atoms with Crippen molar-refractivity contribution in [2.45, 2.75) is 24.9 Å². The van der Waals surface area contributed by atoms with Gasteiger partial charge in [-0.15, -0.1) is 0 Å². The average molecular weight is 259 g/mol. The summed E-state index contributed by atoms with van der Waals surface area (Å²) in [7, 11) is 0. The molecule has 1 heterocycles. The van der Waals surface area contributed by atoms with Gasteiger partial charge < -0.3 is 16.0 Å². The van der Waals surface area contributed by atoms with E-state index in [-0.39, 0.29) is 18.0 Å². The maximum Gasteiger partial charge on any atom is 0.315 e. The molecule has 0 bridgehead atoms. The monoisotopic (exact) mass is 259 g/mol. The van der Waals surface area contributed by atoms with Crippen molar-refractivity contribution in [2.24, 2.45) is 5.92 Å². The van der Waals surface area contributed by atoms with Gasteiger partial charge in [0.15, 0.2) is 0 Å². The van der Waals surface area contributed by atoms with Crippen molar-refractivity contribution < 1.29 is 9.59 Å². The zero-order valence-corrected chi connectivity index (χ0v) is 10.6. The second kappa shape index (κ2) is 4.91. The molecule has 100 valence electrons. The number of amides is 3. The number of hydrogen-bond donors (Lipinski definition) is 3. The lowest BCUT2D eigenvalue weighted by atomic mass is 10.0. The van der Waals surface area contributed by atoms with Crippen LogP contribution in [0.3, 0.4) is 0 Å². The molecule has 1 aromatic rings. The predicted molar refractivity (Wildman–Crippen MR) is 70.4 cm³/mol. The highest BCUT2D eigenvalue weighted by molar-refractivity contribution is 5.90. The zero-order valence-electron chi connectivity index (χ0n) is 10.6. The molecule has 3 rings (SSSR count). The van der Waals surface area contributed by atoms with Crippen molar-refractivity contribution in [2.75, 3.05) is 6.54 Å². The van der Waals surface area contributed by atoms with Gasteiger partial charge in [-0.25, -0.2) is 4.79 Å². The van der Waals surface area contributed by atoms with E-state index in [2.05, 4.69) is 16.0 Å². The Morgan fingerprint density at radius 2 is 2.00 bits per heavy atom. The molecule has 1 aliphatic carbocycles. The quantitative estimate of drug-likeness (QED) is 0.753. The number of carbonyl (C=O) groups excluding carboxylic acids is 2. The Balaban J connectivity index is 1.68. The molecule has 19 heavy (non-hydrogen) atoms. The Hall–Kier alpha value is -2.04. The van der Waals surface area contributed by atoms with E-state index >= 15 is 0 Å². The van der Waals surface area contributed by atoms with Crippen molar-refractivity contribution in [1.29, 1.82) is 0 Å².